The number of pyridine rings is 1. The molecule has 2 amide bonds. The quantitative estimate of drug-likeness (QED) is 0.607. The van der Waals surface area contributed by atoms with E-state index in [0.29, 0.717) is 17.8 Å². The Morgan fingerprint density at radius 2 is 1.84 bits per heavy atom. The monoisotopic (exact) mass is 448 g/mol. The number of nitrogens with zero attached hydrogens (tertiary/aromatic N) is 3. The van der Waals surface area contributed by atoms with E-state index < -0.39 is 23.5 Å². The van der Waals surface area contributed by atoms with Crippen LogP contribution < -0.4 is 5.32 Å². The van der Waals surface area contributed by atoms with Gasteiger partial charge in [0.2, 0.25) is 0 Å². The first kappa shape index (κ1) is 21.3. The molecule has 0 unspecified atom stereocenters. The second kappa shape index (κ2) is 8.27. The van der Waals surface area contributed by atoms with Crippen molar-refractivity contribution in [2.45, 2.75) is 24.6 Å². The van der Waals surface area contributed by atoms with Gasteiger partial charge in [0.1, 0.15) is 16.3 Å². The van der Waals surface area contributed by atoms with Crippen molar-refractivity contribution in [1.82, 2.24) is 14.9 Å². The normalized spacial score (nSPS) is 16.2. The smallest absolute Gasteiger partial charge is 0.383 e. The summed E-state index contributed by atoms with van der Waals surface area (Å²) in [5.41, 5.74) is -0.206. The number of hydrogen-bond acceptors (Lipinski definition) is 5. The summed E-state index contributed by atoms with van der Waals surface area (Å²) in [7, 11) is 0. The summed E-state index contributed by atoms with van der Waals surface area (Å²) in [5, 5.41) is 16.1. The fourth-order valence-electron chi connectivity index (χ4n) is 3.36. The number of likely N-dealkylation sites (tertiary alicyclic amines) is 1. The molecule has 4 rings (SSSR count). The van der Waals surface area contributed by atoms with Crippen LogP contribution in [0.15, 0.2) is 54.0 Å². The summed E-state index contributed by atoms with van der Waals surface area (Å²) in [6.45, 7) is 0.577. The van der Waals surface area contributed by atoms with Crippen LogP contribution in [-0.2, 0) is 11.8 Å². The third kappa shape index (κ3) is 4.70. The molecule has 31 heavy (non-hydrogen) atoms. The van der Waals surface area contributed by atoms with Gasteiger partial charge in [-0.1, -0.05) is 30.3 Å². The molecule has 0 bridgehead atoms. The number of piperidine rings is 1. The van der Waals surface area contributed by atoms with Gasteiger partial charge in [0, 0.05) is 36.9 Å². The summed E-state index contributed by atoms with van der Waals surface area (Å²) in [5.74, 6) is 0. The van der Waals surface area contributed by atoms with E-state index in [4.69, 9.17) is 0 Å². The summed E-state index contributed by atoms with van der Waals surface area (Å²) < 4.78 is 37.8. The molecule has 1 aromatic carbocycles. The number of benzene rings is 1. The van der Waals surface area contributed by atoms with E-state index in [9.17, 15) is 23.1 Å². The molecule has 6 nitrogen and oxygen atoms in total. The van der Waals surface area contributed by atoms with Gasteiger partial charge < -0.3 is 15.3 Å². The second-order valence-electron chi connectivity index (χ2n) is 7.28. The van der Waals surface area contributed by atoms with Crippen molar-refractivity contribution in [3.63, 3.8) is 0 Å². The van der Waals surface area contributed by atoms with Crippen LogP contribution in [0.5, 0.6) is 0 Å². The molecule has 1 saturated heterocycles. The van der Waals surface area contributed by atoms with Crippen LogP contribution in [-0.4, -0.2) is 39.1 Å². The van der Waals surface area contributed by atoms with E-state index in [0.717, 1.165) is 29.6 Å². The predicted molar refractivity (Wildman–Crippen MR) is 111 cm³/mol. The van der Waals surface area contributed by atoms with Gasteiger partial charge in [0.25, 0.3) is 0 Å². The van der Waals surface area contributed by atoms with E-state index in [1.165, 1.54) is 16.2 Å². The molecule has 0 radical (unpaired) electrons. The first-order chi connectivity index (χ1) is 14.7. The van der Waals surface area contributed by atoms with E-state index >= 15 is 0 Å². The molecule has 10 heteroatoms. The highest BCUT2D eigenvalue weighted by Gasteiger charge is 2.38. The lowest BCUT2D eigenvalue weighted by atomic mass is 9.92. The van der Waals surface area contributed by atoms with Crippen molar-refractivity contribution < 1.29 is 23.1 Å². The Bertz CT molecular complexity index is 1050. The van der Waals surface area contributed by atoms with Gasteiger partial charge in [0.15, 0.2) is 0 Å². The van der Waals surface area contributed by atoms with Crippen molar-refractivity contribution in [3.05, 3.63) is 64.7 Å². The zero-order chi connectivity index (χ0) is 22.1. The lowest BCUT2D eigenvalue weighted by Crippen LogP contribution is -2.46. The highest BCUT2D eigenvalue weighted by atomic mass is 32.1. The third-order valence-electron chi connectivity index (χ3n) is 5.15. The number of halogens is 3. The maximum Gasteiger partial charge on any atom is 0.433 e. The van der Waals surface area contributed by atoms with Crippen LogP contribution in [0.4, 0.5) is 23.7 Å². The highest BCUT2D eigenvalue weighted by molar-refractivity contribution is 7.10. The molecule has 0 saturated carbocycles. The summed E-state index contributed by atoms with van der Waals surface area (Å²) in [4.78, 5) is 21.9. The number of rotatable bonds is 3. The number of anilines is 1. The summed E-state index contributed by atoms with van der Waals surface area (Å²) >= 11 is 1.38. The largest absolute Gasteiger partial charge is 0.433 e. The summed E-state index contributed by atoms with van der Waals surface area (Å²) in [6.07, 6.45) is -2.93. The molecule has 162 valence electrons. The van der Waals surface area contributed by atoms with Crippen molar-refractivity contribution in [3.8, 4) is 11.3 Å². The van der Waals surface area contributed by atoms with Gasteiger partial charge in [-0.15, -0.1) is 11.3 Å². The summed E-state index contributed by atoms with van der Waals surface area (Å²) in [6, 6.07) is 11.2. The first-order valence-corrected chi connectivity index (χ1v) is 10.5. The predicted octanol–water partition coefficient (Wildman–Crippen LogP) is 4.74. The number of nitrogens with one attached hydrogen (secondary N) is 1. The Balaban J connectivity index is 1.37. The molecular weight excluding hydrogens is 429 g/mol. The molecule has 2 N–H and O–H groups in total. The van der Waals surface area contributed by atoms with Crippen LogP contribution >= 0.6 is 11.3 Å². The van der Waals surface area contributed by atoms with E-state index in [1.54, 1.807) is 0 Å². The number of thiazole rings is 1. The molecular formula is C21H19F3N4O2S. The molecule has 0 atom stereocenters. The average molecular weight is 448 g/mol. The maximum absolute atomic E-state index is 12.6. The number of carbonyl (C=O) groups excluding carboxylic acids is 1. The van der Waals surface area contributed by atoms with Gasteiger partial charge >= 0.3 is 12.2 Å². The number of carbonyl (C=O) groups is 1. The topological polar surface area (TPSA) is 78.4 Å². The molecule has 0 aliphatic carbocycles. The van der Waals surface area contributed by atoms with Crippen LogP contribution in [0.2, 0.25) is 0 Å². The Kier molecular flexibility index (Phi) is 5.67. The molecule has 3 aromatic rings. The van der Waals surface area contributed by atoms with Crippen molar-refractivity contribution in [2.24, 2.45) is 0 Å². The van der Waals surface area contributed by atoms with E-state index in [1.807, 2.05) is 35.7 Å². The molecule has 1 fully saturated rings. The number of urea groups is 1. The van der Waals surface area contributed by atoms with Crippen molar-refractivity contribution in [1.29, 1.82) is 0 Å². The first-order valence-electron chi connectivity index (χ1n) is 9.58. The van der Waals surface area contributed by atoms with E-state index in [-0.39, 0.29) is 18.8 Å². The van der Waals surface area contributed by atoms with Crippen LogP contribution in [0.3, 0.4) is 0 Å². The highest BCUT2D eigenvalue weighted by Crippen LogP contribution is 2.36. The fraction of sp³-hybridized carbons (Fsp3) is 0.286. The Morgan fingerprint density at radius 1 is 1.13 bits per heavy atom. The van der Waals surface area contributed by atoms with Crippen molar-refractivity contribution >= 4 is 23.1 Å². The Morgan fingerprint density at radius 3 is 2.45 bits per heavy atom. The SMILES string of the molecule is O=C(Nc1ccc(C(F)(F)F)nc1)N1CCC(O)(c2nc(-c3ccccc3)cs2)CC1. The average Bonchev–Trinajstić information content (AvgIpc) is 3.26. The van der Waals surface area contributed by atoms with Gasteiger partial charge in [-0.05, 0) is 12.1 Å². The van der Waals surface area contributed by atoms with Gasteiger partial charge in [-0.3, -0.25) is 0 Å². The molecule has 3 heterocycles. The number of aliphatic hydroxyl groups is 1. The van der Waals surface area contributed by atoms with Crippen LogP contribution in [0.25, 0.3) is 11.3 Å². The number of hydrogen-bond donors (Lipinski definition) is 2. The number of amides is 2. The molecule has 1 aliphatic rings. The Labute approximate surface area is 180 Å². The van der Waals surface area contributed by atoms with Gasteiger partial charge in [0.05, 0.1) is 17.6 Å². The minimum atomic E-state index is -4.53. The zero-order valence-corrected chi connectivity index (χ0v) is 17.1. The number of aromatic nitrogens is 2. The fourth-order valence-corrected chi connectivity index (χ4v) is 4.35. The van der Waals surface area contributed by atoms with E-state index in [2.05, 4.69) is 15.3 Å². The Hall–Kier alpha value is -2.98. The second-order valence-corrected chi connectivity index (χ2v) is 8.14. The zero-order valence-electron chi connectivity index (χ0n) is 16.3. The van der Waals surface area contributed by atoms with Gasteiger partial charge in [-0.25, -0.2) is 14.8 Å². The molecule has 1 aliphatic heterocycles. The standard InChI is InChI=1S/C21H19F3N4O2S/c22-21(23,24)17-7-6-15(12-25-17)26-19(29)28-10-8-20(30,9-11-28)18-27-16(13-31-18)14-4-2-1-3-5-14/h1-7,12-13,30H,8-11H2,(H,26,29). The lowest BCUT2D eigenvalue weighted by molar-refractivity contribution is -0.141. The van der Waals surface area contributed by atoms with Crippen LogP contribution in [0.1, 0.15) is 23.5 Å². The third-order valence-corrected chi connectivity index (χ3v) is 6.19. The lowest BCUT2D eigenvalue weighted by Gasteiger charge is -2.36. The minimum absolute atomic E-state index is 0.172. The van der Waals surface area contributed by atoms with Crippen LogP contribution in [0, 0.1) is 0 Å². The van der Waals surface area contributed by atoms with Crippen molar-refractivity contribution in [2.75, 3.05) is 18.4 Å². The molecule has 0 spiro atoms. The maximum atomic E-state index is 12.6. The minimum Gasteiger partial charge on any atom is -0.383 e. The van der Waals surface area contributed by atoms with Gasteiger partial charge in [-0.2, -0.15) is 13.2 Å². The number of alkyl halides is 3. The molecule has 2 aromatic heterocycles.